The van der Waals surface area contributed by atoms with E-state index < -0.39 is 0 Å². The number of aromatic nitrogens is 2. The minimum Gasteiger partial charge on any atom is -0.467 e. The summed E-state index contributed by atoms with van der Waals surface area (Å²) in [5.74, 6) is -0.0572. The van der Waals surface area contributed by atoms with Crippen LogP contribution in [-0.4, -0.2) is 45.6 Å². The molecule has 0 saturated carbocycles. The van der Waals surface area contributed by atoms with Crippen LogP contribution in [0.1, 0.15) is 5.76 Å². The number of fused-ring (bicyclic) bond motifs is 1. The van der Waals surface area contributed by atoms with E-state index in [0.717, 1.165) is 11.8 Å². The standard InChI is InChI=1S/C24H21ClN4O4S/c1-28(14-21(30)26-20-11-5-3-9-18(20)25)22(31)15-34-24-27-19-10-4-2-8-17(19)23(32)29(24)13-16-7-6-12-33-16/h2-12H,13-15H2,1H3,(H,26,30). The second kappa shape index (κ2) is 10.6. The van der Waals surface area contributed by atoms with Crippen LogP contribution in [0.2, 0.25) is 5.02 Å². The molecular weight excluding hydrogens is 476 g/mol. The second-order valence-corrected chi connectivity index (χ2v) is 8.80. The molecule has 0 spiro atoms. The van der Waals surface area contributed by atoms with Gasteiger partial charge in [0.25, 0.3) is 5.56 Å². The van der Waals surface area contributed by atoms with E-state index in [4.69, 9.17) is 16.0 Å². The molecule has 0 atom stereocenters. The number of likely N-dealkylation sites (N-methyl/N-ethyl adjacent to an activating group) is 1. The number of carbonyl (C=O) groups excluding carboxylic acids is 2. The first-order valence-electron chi connectivity index (χ1n) is 10.4. The first-order chi connectivity index (χ1) is 16.4. The Kier molecular flexibility index (Phi) is 7.34. The molecule has 0 unspecified atom stereocenters. The van der Waals surface area contributed by atoms with Crippen molar-refractivity contribution in [2.45, 2.75) is 11.7 Å². The molecule has 2 amide bonds. The lowest BCUT2D eigenvalue weighted by molar-refractivity contribution is -0.131. The molecule has 10 heteroatoms. The maximum atomic E-state index is 13.1. The van der Waals surface area contributed by atoms with Crippen molar-refractivity contribution >= 4 is 51.8 Å². The van der Waals surface area contributed by atoms with Gasteiger partial charge in [-0.05, 0) is 36.4 Å². The van der Waals surface area contributed by atoms with E-state index in [1.807, 2.05) is 0 Å². The van der Waals surface area contributed by atoms with Crippen LogP contribution in [0.4, 0.5) is 5.69 Å². The minimum absolute atomic E-state index is 0.00118. The van der Waals surface area contributed by atoms with Gasteiger partial charge >= 0.3 is 0 Å². The summed E-state index contributed by atoms with van der Waals surface area (Å²) in [5.41, 5.74) is 0.807. The van der Waals surface area contributed by atoms with E-state index in [2.05, 4.69) is 10.3 Å². The normalized spacial score (nSPS) is 10.9. The van der Waals surface area contributed by atoms with Crippen LogP contribution in [0.5, 0.6) is 0 Å². The van der Waals surface area contributed by atoms with Crippen LogP contribution in [-0.2, 0) is 16.1 Å². The van der Waals surface area contributed by atoms with Crippen LogP contribution in [0.3, 0.4) is 0 Å². The average Bonchev–Trinajstić information content (AvgIpc) is 3.34. The maximum absolute atomic E-state index is 13.1. The molecule has 4 rings (SSSR count). The third-order valence-electron chi connectivity index (χ3n) is 5.00. The lowest BCUT2D eigenvalue weighted by Crippen LogP contribution is -2.36. The number of benzene rings is 2. The summed E-state index contributed by atoms with van der Waals surface area (Å²) < 4.78 is 6.89. The smallest absolute Gasteiger partial charge is 0.262 e. The van der Waals surface area contributed by atoms with Crippen LogP contribution in [0.15, 0.2) is 81.3 Å². The fraction of sp³-hybridized carbons (Fsp3) is 0.167. The number of halogens is 1. The molecule has 174 valence electrons. The van der Waals surface area contributed by atoms with Gasteiger partial charge in [0.1, 0.15) is 5.76 Å². The van der Waals surface area contributed by atoms with Crippen molar-refractivity contribution in [3.8, 4) is 0 Å². The highest BCUT2D eigenvalue weighted by molar-refractivity contribution is 7.99. The van der Waals surface area contributed by atoms with E-state index in [0.29, 0.717) is 32.5 Å². The highest BCUT2D eigenvalue weighted by Gasteiger charge is 2.18. The first kappa shape index (κ1) is 23.6. The van der Waals surface area contributed by atoms with Gasteiger partial charge in [0.15, 0.2) is 5.16 Å². The third-order valence-corrected chi connectivity index (χ3v) is 6.29. The summed E-state index contributed by atoms with van der Waals surface area (Å²) in [6, 6.07) is 17.4. The molecular formula is C24H21ClN4O4S. The number of rotatable bonds is 8. The predicted octanol–water partition coefficient (Wildman–Crippen LogP) is 3.88. The topological polar surface area (TPSA) is 97.4 Å². The lowest BCUT2D eigenvalue weighted by Gasteiger charge is -2.17. The SMILES string of the molecule is CN(CC(=O)Nc1ccccc1Cl)C(=O)CSc1nc2ccccc2c(=O)n1Cc1ccco1. The number of nitrogens with one attached hydrogen (secondary N) is 1. The molecule has 2 heterocycles. The molecule has 34 heavy (non-hydrogen) atoms. The highest BCUT2D eigenvalue weighted by Crippen LogP contribution is 2.21. The summed E-state index contributed by atoms with van der Waals surface area (Å²) in [7, 11) is 1.54. The lowest BCUT2D eigenvalue weighted by atomic mass is 10.2. The Labute approximate surface area is 204 Å². The number of furan rings is 1. The summed E-state index contributed by atoms with van der Waals surface area (Å²) in [4.78, 5) is 44.1. The molecule has 0 saturated heterocycles. The number of anilines is 1. The van der Waals surface area contributed by atoms with Crippen LogP contribution >= 0.6 is 23.4 Å². The van der Waals surface area contributed by atoms with Crippen molar-refractivity contribution < 1.29 is 14.0 Å². The van der Waals surface area contributed by atoms with Crippen molar-refractivity contribution in [3.63, 3.8) is 0 Å². The Morgan fingerprint density at radius 1 is 1.12 bits per heavy atom. The van der Waals surface area contributed by atoms with E-state index in [-0.39, 0.29) is 36.2 Å². The number of amides is 2. The fourth-order valence-electron chi connectivity index (χ4n) is 3.25. The molecule has 1 N–H and O–H groups in total. The second-order valence-electron chi connectivity index (χ2n) is 7.45. The zero-order chi connectivity index (χ0) is 24.1. The summed E-state index contributed by atoms with van der Waals surface area (Å²) in [6.07, 6.45) is 1.54. The van der Waals surface area contributed by atoms with Gasteiger partial charge in [-0.1, -0.05) is 47.6 Å². The van der Waals surface area contributed by atoms with Gasteiger partial charge in [0.2, 0.25) is 11.8 Å². The molecule has 0 aliphatic rings. The van der Waals surface area contributed by atoms with Crippen molar-refractivity contribution in [1.82, 2.24) is 14.5 Å². The molecule has 2 aromatic heterocycles. The van der Waals surface area contributed by atoms with Gasteiger partial charge in [-0.2, -0.15) is 0 Å². The van der Waals surface area contributed by atoms with Crippen LogP contribution in [0.25, 0.3) is 10.9 Å². The molecule has 4 aromatic rings. The molecule has 0 aliphatic heterocycles. The third kappa shape index (κ3) is 5.49. The Bertz CT molecular complexity index is 1390. The molecule has 0 radical (unpaired) electrons. The molecule has 0 fully saturated rings. The molecule has 8 nitrogen and oxygen atoms in total. The van der Waals surface area contributed by atoms with Gasteiger partial charge in [0, 0.05) is 7.05 Å². The number of thioether (sulfide) groups is 1. The zero-order valence-electron chi connectivity index (χ0n) is 18.2. The average molecular weight is 497 g/mol. The van der Waals surface area contributed by atoms with Crippen molar-refractivity contribution in [1.29, 1.82) is 0 Å². The zero-order valence-corrected chi connectivity index (χ0v) is 19.8. The van der Waals surface area contributed by atoms with Gasteiger partial charge in [0.05, 0.1) is 46.7 Å². The quantitative estimate of drug-likeness (QED) is 0.294. The largest absolute Gasteiger partial charge is 0.467 e. The molecule has 0 aliphatic carbocycles. The Morgan fingerprint density at radius 2 is 1.88 bits per heavy atom. The fourth-order valence-corrected chi connectivity index (χ4v) is 4.37. The number of carbonyl (C=O) groups is 2. The van der Waals surface area contributed by atoms with Gasteiger partial charge < -0.3 is 14.6 Å². The number of hydrogen-bond donors (Lipinski definition) is 1. The summed E-state index contributed by atoms with van der Waals surface area (Å²) in [5, 5.41) is 3.98. The Morgan fingerprint density at radius 3 is 2.65 bits per heavy atom. The van der Waals surface area contributed by atoms with Crippen molar-refractivity contribution in [2.75, 3.05) is 24.7 Å². The maximum Gasteiger partial charge on any atom is 0.262 e. The monoisotopic (exact) mass is 496 g/mol. The van der Waals surface area contributed by atoms with Gasteiger partial charge in [-0.25, -0.2) is 4.98 Å². The van der Waals surface area contributed by atoms with E-state index in [1.165, 1.54) is 15.7 Å². The van der Waals surface area contributed by atoms with E-state index >= 15 is 0 Å². The van der Waals surface area contributed by atoms with Gasteiger partial charge in [-0.15, -0.1) is 0 Å². The van der Waals surface area contributed by atoms with E-state index in [1.54, 1.807) is 67.7 Å². The predicted molar refractivity (Wildman–Crippen MR) is 132 cm³/mol. The van der Waals surface area contributed by atoms with Crippen molar-refractivity contribution in [3.05, 3.63) is 88.1 Å². The number of nitrogens with zero attached hydrogens (tertiary/aromatic N) is 3. The van der Waals surface area contributed by atoms with Gasteiger partial charge in [-0.3, -0.25) is 19.0 Å². The summed E-state index contributed by atoms with van der Waals surface area (Å²) in [6.45, 7) is 0.0469. The molecule has 2 aromatic carbocycles. The number of hydrogen-bond acceptors (Lipinski definition) is 6. The van der Waals surface area contributed by atoms with Crippen molar-refractivity contribution in [2.24, 2.45) is 0 Å². The van der Waals surface area contributed by atoms with Crippen LogP contribution in [0, 0.1) is 0 Å². The first-order valence-corrected chi connectivity index (χ1v) is 11.7. The number of para-hydroxylation sites is 2. The summed E-state index contributed by atoms with van der Waals surface area (Å²) >= 11 is 7.20. The van der Waals surface area contributed by atoms with E-state index in [9.17, 15) is 14.4 Å². The molecule has 0 bridgehead atoms. The Balaban J connectivity index is 1.46. The highest BCUT2D eigenvalue weighted by atomic mass is 35.5. The Hall–Kier alpha value is -3.56. The van der Waals surface area contributed by atoms with Crippen LogP contribution < -0.4 is 10.9 Å². The minimum atomic E-state index is -0.368.